The summed E-state index contributed by atoms with van der Waals surface area (Å²) in [5.74, 6) is 0.860. The molecule has 3 heteroatoms. The third-order valence-electron chi connectivity index (χ3n) is 3.62. The van der Waals surface area contributed by atoms with Crippen molar-refractivity contribution in [1.82, 2.24) is 10.6 Å². The van der Waals surface area contributed by atoms with Crippen LogP contribution in [0.3, 0.4) is 0 Å². The van der Waals surface area contributed by atoms with E-state index in [-0.39, 0.29) is 0 Å². The van der Waals surface area contributed by atoms with Gasteiger partial charge in [0.15, 0.2) is 0 Å². The first-order chi connectivity index (χ1) is 6.92. The minimum absolute atomic E-state index is 0.525. The summed E-state index contributed by atoms with van der Waals surface area (Å²) >= 11 is 0. The zero-order chi connectivity index (χ0) is 9.80. The summed E-state index contributed by atoms with van der Waals surface area (Å²) < 4.78 is 5.52. The van der Waals surface area contributed by atoms with Crippen LogP contribution in [0.5, 0.6) is 0 Å². The summed E-state index contributed by atoms with van der Waals surface area (Å²) in [4.78, 5) is 0. The van der Waals surface area contributed by atoms with Crippen molar-refractivity contribution in [2.75, 3.05) is 26.8 Å². The summed E-state index contributed by atoms with van der Waals surface area (Å²) in [5, 5.41) is 7.03. The van der Waals surface area contributed by atoms with Crippen molar-refractivity contribution in [1.29, 1.82) is 0 Å². The van der Waals surface area contributed by atoms with Crippen LogP contribution in [-0.2, 0) is 4.74 Å². The van der Waals surface area contributed by atoms with Gasteiger partial charge in [-0.25, -0.2) is 0 Å². The molecule has 2 aliphatic rings. The van der Waals surface area contributed by atoms with Gasteiger partial charge in [0.1, 0.15) is 0 Å². The van der Waals surface area contributed by atoms with E-state index >= 15 is 0 Å². The van der Waals surface area contributed by atoms with Crippen molar-refractivity contribution in [3.05, 3.63) is 0 Å². The lowest BCUT2D eigenvalue weighted by molar-refractivity contribution is 0.0558. The Bertz CT molecular complexity index is 163. The molecule has 2 fully saturated rings. The fourth-order valence-corrected chi connectivity index (χ4v) is 2.90. The number of rotatable bonds is 3. The molecule has 2 N–H and O–H groups in total. The van der Waals surface area contributed by atoms with Gasteiger partial charge in [-0.15, -0.1) is 0 Å². The highest BCUT2D eigenvalue weighted by molar-refractivity contribution is 4.90. The number of hydrogen-bond acceptors (Lipinski definition) is 3. The lowest BCUT2D eigenvalue weighted by atomic mass is 9.92. The molecular formula is C11H22N2O. The van der Waals surface area contributed by atoms with Gasteiger partial charge in [0, 0.05) is 18.6 Å². The van der Waals surface area contributed by atoms with Crippen molar-refractivity contribution in [3.63, 3.8) is 0 Å². The first-order valence-corrected chi connectivity index (χ1v) is 5.90. The summed E-state index contributed by atoms with van der Waals surface area (Å²) in [5.41, 5.74) is 0. The molecule has 0 aromatic rings. The van der Waals surface area contributed by atoms with E-state index in [4.69, 9.17) is 4.74 Å². The van der Waals surface area contributed by atoms with Crippen molar-refractivity contribution in [2.24, 2.45) is 5.92 Å². The molecule has 1 aliphatic carbocycles. The van der Waals surface area contributed by atoms with E-state index in [1.165, 1.54) is 25.7 Å². The van der Waals surface area contributed by atoms with Gasteiger partial charge in [-0.2, -0.15) is 0 Å². The van der Waals surface area contributed by atoms with Gasteiger partial charge in [0.2, 0.25) is 0 Å². The van der Waals surface area contributed by atoms with Gasteiger partial charge in [-0.05, 0) is 25.8 Å². The molecule has 0 bridgehead atoms. The normalized spacial score (nSPS) is 31.9. The number of morpholine rings is 1. The number of nitrogens with one attached hydrogen (secondary N) is 2. The van der Waals surface area contributed by atoms with Crippen molar-refractivity contribution in [3.8, 4) is 0 Å². The van der Waals surface area contributed by atoms with Gasteiger partial charge < -0.3 is 15.4 Å². The third-order valence-corrected chi connectivity index (χ3v) is 3.62. The highest BCUT2D eigenvalue weighted by atomic mass is 16.5. The molecule has 14 heavy (non-hydrogen) atoms. The van der Waals surface area contributed by atoms with E-state index in [0.29, 0.717) is 12.1 Å². The average Bonchev–Trinajstić information content (AvgIpc) is 2.74. The van der Waals surface area contributed by atoms with E-state index < -0.39 is 0 Å². The first-order valence-electron chi connectivity index (χ1n) is 5.90. The van der Waals surface area contributed by atoms with Gasteiger partial charge in [-0.1, -0.05) is 12.8 Å². The molecule has 0 radical (unpaired) electrons. The Morgan fingerprint density at radius 3 is 2.71 bits per heavy atom. The maximum Gasteiger partial charge on any atom is 0.0635 e. The second-order valence-corrected chi connectivity index (χ2v) is 4.49. The molecule has 82 valence electrons. The summed E-state index contributed by atoms with van der Waals surface area (Å²) in [6.45, 7) is 2.76. The molecule has 1 heterocycles. The van der Waals surface area contributed by atoms with Gasteiger partial charge in [0.25, 0.3) is 0 Å². The summed E-state index contributed by atoms with van der Waals surface area (Å²) in [7, 11) is 2.08. The van der Waals surface area contributed by atoms with E-state index in [1.807, 2.05) is 0 Å². The van der Waals surface area contributed by atoms with Crippen LogP contribution in [-0.4, -0.2) is 38.9 Å². The van der Waals surface area contributed by atoms with Gasteiger partial charge >= 0.3 is 0 Å². The molecule has 0 spiro atoms. The van der Waals surface area contributed by atoms with Gasteiger partial charge in [-0.3, -0.25) is 0 Å². The molecule has 0 aromatic carbocycles. The molecular weight excluding hydrogens is 176 g/mol. The Labute approximate surface area is 86.6 Å². The second-order valence-electron chi connectivity index (χ2n) is 4.49. The predicted octanol–water partition coefficient (Wildman–Crippen LogP) is 0.753. The molecule has 1 saturated heterocycles. The minimum Gasteiger partial charge on any atom is -0.378 e. The van der Waals surface area contributed by atoms with Crippen molar-refractivity contribution in [2.45, 2.75) is 37.8 Å². The SMILES string of the molecule is CNC(C1CCCC1)C1COCCN1. The fraction of sp³-hybridized carbons (Fsp3) is 1.00. The van der Waals surface area contributed by atoms with Crippen LogP contribution in [0.1, 0.15) is 25.7 Å². The zero-order valence-electron chi connectivity index (χ0n) is 9.09. The molecule has 2 unspecified atom stereocenters. The van der Waals surface area contributed by atoms with Crippen LogP contribution in [0.25, 0.3) is 0 Å². The smallest absolute Gasteiger partial charge is 0.0635 e. The van der Waals surface area contributed by atoms with Crippen LogP contribution in [0.2, 0.25) is 0 Å². The lowest BCUT2D eigenvalue weighted by Crippen LogP contribution is -2.55. The number of ether oxygens (including phenoxy) is 1. The number of likely N-dealkylation sites (N-methyl/N-ethyl adjacent to an activating group) is 1. The average molecular weight is 198 g/mol. The standard InChI is InChI=1S/C11H22N2O/c1-12-11(9-4-2-3-5-9)10-8-14-7-6-13-10/h9-13H,2-8H2,1H3. The molecule has 1 aliphatic heterocycles. The van der Waals surface area contributed by atoms with E-state index in [1.54, 1.807) is 0 Å². The van der Waals surface area contributed by atoms with Crippen LogP contribution in [0.15, 0.2) is 0 Å². The molecule has 2 atom stereocenters. The molecule has 2 rings (SSSR count). The monoisotopic (exact) mass is 198 g/mol. The Morgan fingerprint density at radius 2 is 2.14 bits per heavy atom. The third kappa shape index (κ3) is 2.27. The molecule has 0 amide bonds. The van der Waals surface area contributed by atoms with E-state index in [9.17, 15) is 0 Å². The topological polar surface area (TPSA) is 33.3 Å². The first kappa shape index (κ1) is 10.4. The Kier molecular flexibility index (Phi) is 3.79. The predicted molar refractivity (Wildman–Crippen MR) is 57.4 cm³/mol. The van der Waals surface area contributed by atoms with Crippen LogP contribution >= 0.6 is 0 Å². The van der Waals surface area contributed by atoms with Crippen LogP contribution in [0.4, 0.5) is 0 Å². The van der Waals surface area contributed by atoms with Crippen molar-refractivity contribution >= 4 is 0 Å². The quantitative estimate of drug-likeness (QED) is 0.702. The molecule has 3 nitrogen and oxygen atoms in total. The maximum absolute atomic E-state index is 5.52. The van der Waals surface area contributed by atoms with E-state index in [0.717, 1.165) is 25.7 Å². The zero-order valence-corrected chi connectivity index (χ0v) is 9.09. The molecule has 1 saturated carbocycles. The number of hydrogen-bond donors (Lipinski definition) is 2. The van der Waals surface area contributed by atoms with Gasteiger partial charge in [0.05, 0.1) is 13.2 Å². The summed E-state index contributed by atoms with van der Waals surface area (Å²) in [6, 6.07) is 1.13. The van der Waals surface area contributed by atoms with Crippen LogP contribution in [0, 0.1) is 5.92 Å². The maximum atomic E-state index is 5.52. The Hall–Kier alpha value is -0.120. The highest BCUT2D eigenvalue weighted by Crippen LogP contribution is 2.29. The van der Waals surface area contributed by atoms with E-state index in [2.05, 4.69) is 17.7 Å². The molecule has 0 aromatic heterocycles. The Balaban J connectivity index is 1.89. The highest BCUT2D eigenvalue weighted by Gasteiger charge is 2.31. The van der Waals surface area contributed by atoms with Crippen molar-refractivity contribution < 1.29 is 4.74 Å². The van der Waals surface area contributed by atoms with Crippen LogP contribution < -0.4 is 10.6 Å². The lowest BCUT2D eigenvalue weighted by Gasteiger charge is -2.34. The Morgan fingerprint density at radius 1 is 1.36 bits per heavy atom. The summed E-state index contributed by atoms with van der Waals surface area (Å²) in [6.07, 6.45) is 5.61. The second kappa shape index (κ2) is 5.10. The fourth-order valence-electron chi connectivity index (χ4n) is 2.90. The largest absolute Gasteiger partial charge is 0.378 e. The minimum atomic E-state index is 0.525.